The fourth-order valence-electron chi connectivity index (χ4n) is 3.43. The highest BCUT2D eigenvalue weighted by molar-refractivity contribution is 5.88. The van der Waals surface area contributed by atoms with Crippen molar-refractivity contribution in [2.24, 2.45) is 5.92 Å². The Labute approximate surface area is 162 Å². The molecule has 1 N–H and O–H groups in total. The Kier molecular flexibility index (Phi) is 7.68. The van der Waals surface area contributed by atoms with Gasteiger partial charge in [-0.25, -0.2) is 4.79 Å². The molecule has 1 aliphatic carbocycles. The Hall–Kier alpha value is -2.05. The van der Waals surface area contributed by atoms with Gasteiger partial charge >= 0.3 is 6.09 Å². The minimum Gasteiger partial charge on any atom is -0.444 e. The molecule has 0 aromatic carbocycles. The van der Waals surface area contributed by atoms with E-state index in [4.69, 9.17) is 4.74 Å². The van der Waals surface area contributed by atoms with Crippen molar-refractivity contribution in [1.82, 2.24) is 15.1 Å². The van der Waals surface area contributed by atoms with E-state index >= 15 is 0 Å². The molecule has 7 nitrogen and oxygen atoms in total. The molecule has 0 aromatic rings. The average molecular weight is 380 g/mol. The van der Waals surface area contributed by atoms with Crippen molar-refractivity contribution in [2.45, 2.75) is 58.5 Å². The molecular formula is C20H33N3O4. The smallest absolute Gasteiger partial charge is 0.408 e. The largest absolute Gasteiger partial charge is 0.444 e. The highest BCUT2D eigenvalue weighted by Crippen LogP contribution is 2.25. The van der Waals surface area contributed by atoms with Crippen LogP contribution in [0.3, 0.4) is 0 Å². The fourth-order valence-corrected chi connectivity index (χ4v) is 3.43. The van der Waals surface area contributed by atoms with Crippen LogP contribution in [0.15, 0.2) is 12.2 Å². The lowest BCUT2D eigenvalue weighted by molar-refractivity contribution is -0.131. The third kappa shape index (κ3) is 7.61. The van der Waals surface area contributed by atoms with E-state index in [0.29, 0.717) is 32.1 Å². The summed E-state index contributed by atoms with van der Waals surface area (Å²) in [5.74, 6) is 0.415. The highest BCUT2D eigenvalue weighted by atomic mass is 16.6. The first-order chi connectivity index (χ1) is 12.7. The van der Waals surface area contributed by atoms with Crippen LogP contribution in [0.5, 0.6) is 0 Å². The van der Waals surface area contributed by atoms with Crippen LogP contribution in [0, 0.1) is 5.92 Å². The molecule has 2 aliphatic rings. The lowest BCUT2D eigenvalue weighted by atomic mass is 10.1. The van der Waals surface area contributed by atoms with E-state index in [1.165, 1.54) is 25.7 Å². The van der Waals surface area contributed by atoms with Gasteiger partial charge in [0.05, 0.1) is 0 Å². The Bertz CT molecular complexity index is 562. The molecule has 2 rings (SSSR count). The second kappa shape index (κ2) is 9.76. The first-order valence-corrected chi connectivity index (χ1v) is 9.96. The van der Waals surface area contributed by atoms with Gasteiger partial charge < -0.3 is 19.9 Å². The van der Waals surface area contributed by atoms with Crippen molar-refractivity contribution in [3.63, 3.8) is 0 Å². The summed E-state index contributed by atoms with van der Waals surface area (Å²) in [7, 11) is 0. The number of carbonyl (C=O) groups is 3. The number of carbonyl (C=O) groups excluding carboxylic acids is 3. The van der Waals surface area contributed by atoms with Crippen molar-refractivity contribution in [3.05, 3.63) is 12.2 Å². The van der Waals surface area contributed by atoms with E-state index in [1.54, 1.807) is 36.6 Å². The second-order valence-corrected chi connectivity index (χ2v) is 8.32. The molecule has 0 spiro atoms. The number of allylic oxidation sites excluding steroid dienone is 1. The van der Waals surface area contributed by atoms with Crippen LogP contribution in [0.4, 0.5) is 4.79 Å². The number of alkyl carbamates (subject to hydrolysis) is 1. The van der Waals surface area contributed by atoms with Gasteiger partial charge in [-0.3, -0.25) is 9.59 Å². The van der Waals surface area contributed by atoms with Crippen molar-refractivity contribution < 1.29 is 19.1 Å². The molecule has 7 heteroatoms. The minimum atomic E-state index is -0.598. The summed E-state index contributed by atoms with van der Waals surface area (Å²) in [5.41, 5.74) is -0.595. The highest BCUT2D eigenvalue weighted by Gasteiger charge is 2.23. The molecule has 0 unspecified atom stereocenters. The van der Waals surface area contributed by atoms with Gasteiger partial charge in [0.2, 0.25) is 11.8 Å². The number of amides is 3. The zero-order chi connectivity index (χ0) is 19.9. The third-order valence-corrected chi connectivity index (χ3v) is 4.85. The first kappa shape index (κ1) is 21.3. The molecule has 0 aromatic heterocycles. The van der Waals surface area contributed by atoms with Crippen molar-refractivity contribution in [3.8, 4) is 0 Å². The first-order valence-electron chi connectivity index (χ1n) is 9.96. The van der Waals surface area contributed by atoms with E-state index in [0.717, 1.165) is 6.42 Å². The van der Waals surface area contributed by atoms with Crippen LogP contribution >= 0.6 is 0 Å². The molecule has 3 amide bonds. The summed E-state index contributed by atoms with van der Waals surface area (Å²) in [6.07, 6.45) is 8.75. The Morgan fingerprint density at radius 3 is 2.30 bits per heavy atom. The van der Waals surface area contributed by atoms with Crippen LogP contribution in [-0.4, -0.2) is 66.0 Å². The van der Waals surface area contributed by atoms with Gasteiger partial charge in [0.1, 0.15) is 12.1 Å². The average Bonchev–Trinajstić information content (AvgIpc) is 2.98. The Balaban J connectivity index is 1.75. The fraction of sp³-hybridized carbons (Fsp3) is 0.750. The molecule has 27 heavy (non-hydrogen) atoms. The van der Waals surface area contributed by atoms with E-state index in [9.17, 15) is 14.4 Å². The lowest BCUT2D eigenvalue weighted by Gasteiger charge is -2.23. The number of ether oxygens (including phenoxy) is 1. The summed E-state index contributed by atoms with van der Waals surface area (Å²) in [6.45, 7) is 7.47. The molecule has 152 valence electrons. The molecular weight excluding hydrogens is 346 g/mol. The minimum absolute atomic E-state index is 0.0306. The summed E-state index contributed by atoms with van der Waals surface area (Å²) in [5, 5.41) is 2.50. The van der Waals surface area contributed by atoms with Crippen LogP contribution in [0.2, 0.25) is 0 Å². The van der Waals surface area contributed by atoms with Crippen molar-refractivity contribution in [2.75, 3.05) is 32.7 Å². The summed E-state index contributed by atoms with van der Waals surface area (Å²) in [4.78, 5) is 39.9. The zero-order valence-electron chi connectivity index (χ0n) is 16.8. The quantitative estimate of drug-likeness (QED) is 0.761. The number of nitrogens with zero attached hydrogens (tertiary/aromatic N) is 2. The maximum Gasteiger partial charge on any atom is 0.408 e. The van der Waals surface area contributed by atoms with Gasteiger partial charge in [-0.15, -0.1) is 0 Å². The zero-order valence-corrected chi connectivity index (χ0v) is 16.8. The number of hydrogen-bond donors (Lipinski definition) is 1. The van der Waals surface area contributed by atoms with Crippen LogP contribution < -0.4 is 5.32 Å². The van der Waals surface area contributed by atoms with Crippen LogP contribution in [-0.2, 0) is 14.3 Å². The van der Waals surface area contributed by atoms with Gasteiger partial charge in [-0.2, -0.15) is 0 Å². The van der Waals surface area contributed by atoms with Crippen LogP contribution in [0.25, 0.3) is 0 Å². The van der Waals surface area contributed by atoms with Gasteiger partial charge in [0.15, 0.2) is 0 Å². The van der Waals surface area contributed by atoms with Crippen molar-refractivity contribution in [1.29, 1.82) is 0 Å². The maximum atomic E-state index is 12.4. The molecule has 0 bridgehead atoms. The van der Waals surface area contributed by atoms with E-state index in [2.05, 4.69) is 5.32 Å². The summed E-state index contributed by atoms with van der Waals surface area (Å²) in [6, 6.07) is 0. The molecule has 0 atom stereocenters. The summed E-state index contributed by atoms with van der Waals surface area (Å²) >= 11 is 0. The van der Waals surface area contributed by atoms with E-state index in [-0.39, 0.29) is 18.4 Å². The maximum absolute atomic E-state index is 12.4. The van der Waals surface area contributed by atoms with Gasteiger partial charge in [0, 0.05) is 26.2 Å². The normalized spacial score (nSPS) is 19.2. The van der Waals surface area contributed by atoms with Gasteiger partial charge in [-0.05, 0) is 52.0 Å². The van der Waals surface area contributed by atoms with Gasteiger partial charge in [0.25, 0.3) is 0 Å². The molecule has 2 fully saturated rings. The topological polar surface area (TPSA) is 79.0 Å². The van der Waals surface area contributed by atoms with Crippen molar-refractivity contribution >= 4 is 17.9 Å². The Morgan fingerprint density at radius 2 is 1.63 bits per heavy atom. The SMILES string of the molecule is CC(C)(C)OC(=O)NCC(=O)N1CCCN(C(=O)/C=C/C2CCCC2)CC1. The number of hydrogen-bond acceptors (Lipinski definition) is 4. The molecule has 1 saturated carbocycles. The molecule has 1 heterocycles. The monoisotopic (exact) mass is 379 g/mol. The second-order valence-electron chi connectivity index (χ2n) is 8.32. The molecule has 0 radical (unpaired) electrons. The Morgan fingerprint density at radius 1 is 1.00 bits per heavy atom. The van der Waals surface area contributed by atoms with E-state index in [1.807, 2.05) is 6.08 Å². The van der Waals surface area contributed by atoms with Crippen LogP contribution in [0.1, 0.15) is 52.9 Å². The predicted octanol–water partition coefficient (Wildman–Crippen LogP) is 2.32. The molecule has 1 aliphatic heterocycles. The summed E-state index contributed by atoms with van der Waals surface area (Å²) < 4.78 is 5.14. The number of rotatable bonds is 4. The predicted molar refractivity (Wildman–Crippen MR) is 103 cm³/mol. The number of nitrogens with one attached hydrogen (secondary N) is 1. The third-order valence-electron chi connectivity index (χ3n) is 4.85. The lowest BCUT2D eigenvalue weighted by Crippen LogP contribution is -2.43. The van der Waals surface area contributed by atoms with Gasteiger partial charge in [-0.1, -0.05) is 18.9 Å². The van der Waals surface area contributed by atoms with E-state index < -0.39 is 11.7 Å². The standard InChI is InChI=1S/C20H33N3O4/c1-20(2,3)27-19(26)21-15-18(25)23-12-6-11-22(13-14-23)17(24)10-9-16-7-4-5-8-16/h9-10,16H,4-8,11-15H2,1-3H3,(H,21,26)/b10-9+. The molecule has 1 saturated heterocycles.